The van der Waals surface area contributed by atoms with Gasteiger partial charge in [0.25, 0.3) is 5.89 Å². The van der Waals surface area contributed by atoms with E-state index in [9.17, 15) is 0 Å². The number of rotatable bonds is 4. The number of benzene rings is 1. The van der Waals surface area contributed by atoms with E-state index in [2.05, 4.69) is 32.1 Å². The normalized spacial score (nSPS) is 12.8. The van der Waals surface area contributed by atoms with E-state index in [-0.39, 0.29) is 6.04 Å². The van der Waals surface area contributed by atoms with Crippen LogP contribution in [0.5, 0.6) is 0 Å². The largest absolute Gasteiger partial charge is 0.345 e. The number of aromatic amines is 1. The fraction of sp³-hybridized carbons (Fsp3) is 0.200. The molecule has 7 heteroatoms. The van der Waals surface area contributed by atoms with Gasteiger partial charge < -0.3 is 9.51 Å². The van der Waals surface area contributed by atoms with Gasteiger partial charge in [-0.05, 0) is 30.7 Å². The topological polar surface area (TPSA) is 85.4 Å². The highest BCUT2D eigenvalue weighted by molar-refractivity contribution is 5.79. The van der Waals surface area contributed by atoms with Crippen molar-refractivity contribution in [1.29, 1.82) is 0 Å². The summed E-state index contributed by atoms with van der Waals surface area (Å²) in [5.74, 6) is 1.13. The molecule has 0 amide bonds. The zero-order valence-corrected chi connectivity index (χ0v) is 12.0. The fourth-order valence-electron chi connectivity index (χ4n) is 2.50. The Balaban J connectivity index is 1.71. The van der Waals surface area contributed by atoms with Crippen molar-refractivity contribution in [2.75, 3.05) is 0 Å². The molecular formula is C15H14N6O. The molecule has 3 aromatic heterocycles. The lowest BCUT2D eigenvalue weighted by atomic mass is 10.2. The third-order valence-electron chi connectivity index (χ3n) is 3.64. The second-order valence-electron chi connectivity index (χ2n) is 5.00. The zero-order chi connectivity index (χ0) is 14.9. The molecule has 0 saturated heterocycles. The number of nitrogens with one attached hydrogen (secondary N) is 1. The molecule has 0 spiro atoms. The third-order valence-corrected chi connectivity index (χ3v) is 3.64. The van der Waals surface area contributed by atoms with E-state index in [1.54, 1.807) is 12.5 Å². The molecule has 1 unspecified atom stereocenters. The van der Waals surface area contributed by atoms with Crippen LogP contribution in [-0.4, -0.2) is 29.9 Å². The standard InChI is InChI=1S/C15H14N6O/c1-2-13(21-7-3-6-18-21)15-19-14(20-22-15)10-4-5-11-12(8-10)17-9-16-11/h3-9,13H,2H2,1H3,(H,16,17). The Morgan fingerprint density at radius 3 is 3.14 bits per heavy atom. The summed E-state index contributed by atoms with van der Waals surface area (Å²) in [6.07, 6.45) is 6.13. The molecule has 3 heterocycles. The Morgan fingerprint density at radius 2 is 2.32 bits per heavy atom. The molecule has 1 atom stereocenters. The Hall–Kier alpha value is -2.96. The smallest absolute Gasteiger partial charge is 0.251 e. The first kappa shape index (κ1) is 12.8. The number of fused-ring (bicyclic) bond motifs is 1. The van der Waals surface area contributed by atoms with Crippen LogP contribution < -0.4 is 0 Å². The maximum Gasteiger partial charge on any atom is 0.251 e. The summed E-state index contributed by atoms with van der Waals surface area (Å²) in [5.41, 5.74) is 2.75. The van der Waals surface area contributed by atoms with Crippen LogP contribution in [-0.2, 0) is 0 Å². The molecule has 0 aliphatic carbocycles. The van der Waals surface area contributed by atoms with Crippen LogP contribution in [0.15, 0.2) is 47.5 Å². The van der Waals surface area contributed by atoms with Crippen LogP contribution in [0, 0.1) is 0 Å². The lowest BCUT2D eigenvalue weighted by Gasteiger charge is -2.09. The monoisotopic (exact) mass is 294 g/mol. The van der Waals surface area contributed by atoms with E-state index < -0.39 is 0 Å². The molecule has 1 N–H and O–H groups in total. The van der Waals surface area contributed by atoms with E-state index in [1.807, 2.05) is 35.1 Å². The highest BCUT2D eigenvalue weighted by Gasteiger charge is 2.20. The van der Waals surface area contributed by atoms with Gasteiger partial charge in [0.05, 0.1) is 17.4 Å². The minimum atomic E-state index is -0.0489. The molecule has 0 aliphatic rings. The van der Waals surface area contributed by atoms with Gasteiger partial charge in [-0.15, -0.1) is 0 Å². The van der Waals surface area contributed by atoms with Crippen molar-refractivity contribution < 1.29 is 4.52 Å². The minimum Gasteiger partial charge on any atom is -0.345 e. The summed E-state index contributed by atoms with van der Waals surface area (Å²) >= 11 is 0. The van der Waals surface area contributed by atoms with Gasteiger partial charge in [-0.1, -0.05) is 12.1 Å². The molecule has 1 aromatic carbocycles. The first-order chi connectivity index (χ1) is 10.8. The van der Waals surface area contributed by atoms with Crippen molar-refractivity contribution in [1.82, 2.24) is 29.9 Å². The van der Waals surface area contributed by atoms with Gasteiger partial charge in [0, 0.05) is 18.0 Å². The second-order valence-corrected chi connectivity index (χ2v) is 5.00. The van der Waals surface area contributed by atoms with Crippen molar-refractivity contribution in [3.05, 3.63) is 48.9 Å². The fourth-order valence-corrected chi connectivity index (χ4v) is 2.50. The molecule has 4 rings (SSSR count). The summed E-state index contributed by atoms with van der Waals surface area (Å²) in [6.45, 7) is 2.06. The zero-order valence-electron chi connectivity index (χ0n) is 12.0. The van der Waals surface area contributed by atoms with Crippen LogP contribution in [0.25, 0.3) is 22.4 Å². The Bertz CT molecular complexity index is 892. The lowest BCUT2D eigenvalue weighted by molar-refractivity contribution is 0.321. The van der Waals surface area contributed by atoms with Gasteiger partial charge >= 0.3 is 0 Å². The van der Waals surface area contributed by atoms with Crippen molar-refractivity contribution in [2.24, 2.45) is 0 Å². The molecule has 4 aromatic rings. The Labute approximate surface area is 126 Å². The molecule has 110 valence electrons. The van der Waals surface area contributed by atoms with Crippen molar-refractivity contribution >= 4 is 11.0 Å². The van der Waals surface area contributed by atoms with E-state index in [0.717, 1.165) is 23.0 Å². The number of imidazole rings is 1. The van der Waals surface area contributed by atoms with Crippen molar-refractivity contribution in [2.45, 2.75) is 19.4 Å². The minimum absolute atomic E-state index is 0.0489. The third kappa shape index (κ3) is 2.07. The summed E-state index contributed by atoms with van der Waals surface area (Å²) in [6, 6.07) is 7.67. The van der Waals surface area contributed by atoms with E-state index in [4.69, 9.17) is 4.52 Å². The summed E-state index contributed by atoms with van der Waals surface area (Å²) in [4.78, 5) is 11.8. The maximum atomic E-state index is 5.44. The summed E-state index contributed by atoms with van der Waals surface area (Å²) < 4.78 is 7.27. The van der Waals surface area contributed by atoms with E-state index in [1.165, 1.54) is 0 Å². The average molecular weight is 294 g/mol. The van der Waals surface area contributed by atoms with Gasteiger partial charge in [0.15, 0.2) is 0 Å². The second kappa shape index (κ2) is 5.10. The molecule has 0 aliphatic heterocycles. The highest BCUT2D eigenvalue weighted by Crippen LogP contribution is 2.24. The van der Waals surface area contributed by atoms with Crippen LogP contribution in [0.2, 0.25) is 0 Å². The summed E-state index contributed by atoms with van der Waals surface area (Å²) in [7, 11) is 0. The molecule has 0 radical (unpaired) electrons. The van der Waals surface area contributed by atoms with Crippen LogP contribution in [0.4, 0.5) is 0 Å². The van der Waals surface area contributed by atoms with Crippen molar-refractivity contribution in [3.8, 4) is 11.4 Å². The van der Waals surface area contributed by atoms with Crippen LogP contribution in [0.1, 0.15) is 25.3 Å². The van der Waals surface area contributed by atoms with Crippen LogP contribution >= 0.6 is 0 Å². The number of nitrogens with zero attached hydrogens (tertiary/aromatic N) is 5. The highest BCUT2D eigenvalue weighted by atomic mass is 16.5. The maximum absolute atomic E-state index is 5.44. The molecular weight excluding hydrogens is 280 g/mol. The summed E-state index contributed by atoms with van der Waals surface area (Å²) in [5, 5.41) is 8.35. The molecule has 7 nitrogen and oxygen atoms in total. The number of hydrogen-bond acceptors (Lipinski definition) is 5. The molecule has 0 bridgehead atoms. The van der Waals surface area contributed by atoms with E-state index >= 15 is 0 Å². The van der Waals surface area contributed by atoms with Gasteiger partial charge in [-0.3, -0.25) is 4.68 Å². The van der Waals surface area contributed by atoms with Gasteiger partial charge in [0.2, 0.25) is 5.82 Å². The number of H-pyrrole nitrogens is 1. The quantitative estimate of drug-likeness (QED) is 0.625. The van der Waals surface area contributed by atoms with Crippen LogP contribution in [0.3, 0.4) is 0 Å². The Morgan fingerprint density at radius 1 is 1.36 bits per heavy atom. The van der Waals surface area contributed by atoms with Crippen molar-refractivity contribution in [3.63, 3.8) is 0 Å². The first-order valence-electron chi connectivity index (χ1n) is 7.11. The van der Waals surface area contributed by atoms with E-state index in [0.29, 0.717) is 11.7 Å². The lowest BCUT2D eigenvalue weighted by Crippen LogP contribution is -2.10. The molecule has 22 heavy (non-hydrogen) atoms. The predicted molar refractivity (Wildman–Crippen MR) is 80.0 cm³/mol. The SMILES string of the molecule is CCC(c1nc(-c2ccc3nc[nH]c3c2)no1)n1cccn1. The van der Waals surface area contributed by atoms with Gasteiger partial charge in [0.1, 0.15) is 6.04 Å². The molecule has 0 fully saturated rings. The molecule has 0 saturated carbocycles. The van der Waals surface area contributed by atoms with Gasteiger partial charge in [-0.2, -0.15) is 10.1 Å². The number of aromatic nitrogens is 6. The first-order valence-corrected chi connectivity index (χ1v) is 7.11. The number of hydrogen-bond donors (Lipinski definition) is 1. The predicted octanol–water partition coefficient (Wildman–Crippen LogP) is 2.81. The van der Waals surface area contributed by atoms with Gasteiger partial charge in [-0.25, -0.2) is 4.98 Å². The average Bonchev–Trinajstić information content (AvgIpc) is 3.29. The Kier molecular flexibility index (Phi) is 2.96.